The van der Waals surface area contributed by atoms with Crippen LogP contribution in [0.25, 0.3) is 0 Å². The summed E-state index contributed by atoms with van der Waals surface area (Å²) in [6, 6.07) is -0.670. The van der Waals surface area contributed by atoms with Crippen molar-refractivity contribution in [3.8, 4) is 0 Å². The summed E-state index contributed by atoms with van der Waals surface area (Å²) in [6.07, 6.45) is -3.66. The van der Waals surface area contributed by atoms with Crippen LogP contribution in [0.4, 0.5) is 0 Å². The van der Waals surface area contributed by atoms with Gasteiger partial charge in [-0.3, -0.25) is 0 Å². The molecule has 15 heavy (non-hydrogen) atoms. The van der Waals surface area contributed by atoms with Crippen LogP contribution in [-0.4, -0.2) is 51.5 Å². The Morgan fingerprint density at radius 1 is 1.07 bits per heavy atom. The van der Waals surface area contributed by atoms with Crippen molar-refractivity contribution in [1.82, 2.24) is 5.32 Å². The molecule has 5 atom stereocenters. The first-order valence-corrected chi connectivity index (χ1v) is 5.20. The quantitative estimate of drug-likeness (QED) is 0.464. The first-order chi connectivity index (χ1) is 6.72. The van der Waals surface area contributed by atoms with E-state index in [2.05, 4.69) is 5.32 Å². The molecule has 0 aromatic rings. The highest BCUT2D eigenvalue weighted by atomic mass is 16.6. The second-order valence-electron chi connectivity index (χ2n) is 5.13. The normalized spacial score (nSPS) is 43.0. The van der Waals surface area contributed by atoms with Crippen molar-refractivity contribution in [2.45, 2.75) is 63.9 Å². The Morgan fingerprint density at radius 3 is 2.07 bits per heavy atom. The van der Waals surface area contributed by atoms with Gasteiger partial charge in [0, 0.05) is 5.54 Å². The minimum Gasteiger partial charge on any atom is -0.388 e. The molecule has 0 saturated carbocycles. The second kappa shape index (κ2) is 4.35. The first-order valence-electron chi connectivity index (χ1n) is 5.20. The molecule has 1 rings (SSSR count). The molecule has 90 valence electrons. The van der Waals surface area contributed by atoms with Crippen LogP contribution in [0, 0.1) is 0 Å². The Balaban J connectivity index is 2.70. The third-order valence-electron chi connectivity index (χ3n) is 2.46. The summed E-state index contributed by atoms with van der Waals surface area (Å²) in [4.78, 5) is 0. The largest absolute Gasteiger partial charge is 0.388 e. The fourth-order valence-electron chi connectivity index (χ4n) is 1.70. The van der Waals surface area contributed by atoms with E-state index in [0.717, 1.165) is 0 Å². The molecule has 1 fully saturated rings. The van der Waals surface area contributed by atoms with E-state index in [4.69, 9.17) is 4.74 Å². The Morgan fingerprint density at radius 2 is 1.60 bits per heavy atom. The van der Waals surface area contributed by atoms with Crippen LogP contribution in [0.3, 0.4) is 0 Å². The van der Waals surface area contributed by atoms with Gasteiger partial charge in [-0.25, -0.2) is 0 Å². The fraction of sp³-hybridized carbons (Fsp3) is 1.00. The molecule has 0 bridgehead atoms. The molecule has 5 nitrogen and oxygen atoms in total. The summed E-state index contributed by atoms with van der Waals surface area (Å²) in [5.74, 6) is 0. The van der Waals surface area contributed by atoms with Gasteiger partial charge in [0.25, 0.3) is 0 Å². The van der Waals surface area contributed by atoms with Gasteiger partial charge in [0.15, 0.2) is 6.29 Å². The minimum atomic E-state index is -1.10. The summed E-state index contributed by atoms with van der Waals surface area (Å²) in [5.41, 5.74) is -0.268. The van der Waals surface area contributed by atoms with Crippen LogP contribution in [0.1, 0.15) is 27.7 Å². The summed E-state index contributed by atoms with van der Waals surface area (Å²) in [5, 5.41) is 32.1. The maximum atomic E-state index is 9.79. The molecule has 1 unspecified atom stereocenters. The van der Waals surface area contributed by atoms with Gasteiger partial charge in [-0.1, -0.05) is 0 Å². The van der Waals surface area contributed by atoms with Crippen LogP contribution < -0.4 is 5.32 Å². The van der Waals surface area contributed by atoms with Gasteiger partial charge in [-0.2, -0.15) is 0 Å². The molecular weight excluding hydrogens is 198 g/mol. The summed E-state index contributed by atoms with van der Waals surface area (Å²) < 4.78 is 5.11. The van der Waals surface area contributed by atoms with E-state index in [1.807, 2.05) is 20.8 Å². The van der Waals surface area contributed by atoms with E-state index in [0.29, 0.717) is 0 Å². The maximum absolute atomic E-state index is 9.79. The fourth-order valence-corrected chi connectivity index (χ4v) is 1.70. The van der Waals surface area contributed by atoms with E-state index in [1.165, 1.54) is 0 Å². The lowest BCUT2D eigenvalue weighted by atomic mass is 9.95. The minimum absolute atomic E-state index is 0.268. The van der Waals surface area contributed by atoms with E-state index in [1.54, 1.807) is 6.92 Å². The third kappa shape index (κ3) is 3.12. The molecule has 1 saturated heterocycles. The van der Waals surface area contributed by atoms with Gasteiger partial charge in [0.2, 0.25) is 0 Å². The number of ether oxygens (including phenoxy) is 1. The number of hydrogen-bond donors (Lipinski definition) is 4. The van der Waals surface area contributed by atoms with E-state index in [9.17, 15) is 15.3 Å². The average molecular weight is 219 g/mol. The summed E-state index contributed by atoms with van der Waals surface area (Å²) in [6.45, 7) is 7.36. The number of nitrogens with one attached hydrogen (secondary N) is 1. The number of rotatable bonds is 1. The van der Waals surface area contributed by atoms with Gasteiger partial charge in [0.1, 0.15) is 12.2 Å². The average Bonchev–Trinajstić information content (AvgIpc) is 2.07. The Bertz CT molecular complexity index is 216. The van der Waals surface area contributed by atoms with Crippen molar-refractivity contribution >= 4 is 0 Å². The molecule has 5 heteroatoms. The highest BCUT2D eigenvalue weighted by Gasteiger charge is 2.42. The maximum Gasteiger partial charge on any atom is 0.173 e. The topological polar surface area (TPSA) is 82.0 Å². The zero-order valence-corrected chi connectivity index (χ0v) is 9.64. The molecule has 1 aliphatic rings. The van der Waals surface area contributed by atoms with Gasteiger partial charge >= 0.3 is 0 Å². The number of aliphatic hydroxyl groups excluding tert-OH is 3. The zero-order valence-electron chi connectivity index (χ0n) is 9.64. The van der Waals surface area contributed by atoms with Gasteiger partial charge in [-0.05, 0) is 27.7 Å². The van der Waals surface area contributed by atoms with Crippen LogP contribution in [0.15, 0.2) is 0 Å². The highest BCUT2D eigenvalue weighted by molar-refractivity contribution is 4.94. The zero-order chi connectivity index (χ0) is 11.8. The SMILES string of the molecule is C[C@H]1OC(O)[C@H](NC(C)(C)C)[C@@H](O)[C@@H]1O. The van der Waals surface area contributed by atoms with Crippen molar-refractivity contribution in [1.29, 1.82) is 0 Å². The van der Waals surface area contributed by atoms with E-state index in [-0.39, 0.29) is 5.54 Å². The van der Waals surface area contributed by atoms with Crippen molar-refractivity contribution in [2.24, 2.45) is 0 Å². The van der Waals surface area contributed by atoms with E-state index < -0.39 is 30.6 Å². The molecule has 0 spiro atoms. The van der Waals surface area contributed by atoms with Crippen molar-refractivity contribution in [3.63, 3.8) is 0 Å². The Labute approximate surface area is 90.1 Å². The van der Waals surface area contributed by atoms with Crippen LogP contribution >= 0.6 is 0 Å². The predicted octanol–water partition coefficient (Wildman–Crippen LogP) is -0.798. The second-order valence-corrected chi connectivity index (χ2v) is 5.13. The van der Waals surface area contributed by atoms with Gasteiger partial charge < -0.3 is 25.4 Å². The monoisotopic (exact) mass is 219 g/mol. The molecule has 0 aromatic carbocycles. The molecule has 0 amide bonds. The summed E-state index contributed by atoms with van der Waals surface area (Å²) >= 11 is 0. The van der Waals surface area contributed by atoms with Crippen LogP contribution in [0.5, 0.6) is 0 Å². The molecule has 1 heterocycles. The highest BCUT2D eigenvalue weighted by Crippen LogP contribution is 2.21. The van der Waals surface area contributed by atoms with Gasteiger partial charge in [-0.15, -0.1) is 0 Å². The third-order valence-corrected chi connectivity index (χ3v) is 2.46. The lowest BCUT2D eigenvalue weighted by Gasteiger charge is -2.42. The van der Waals surface area contributed by atoms with E-state index >= 15 is 0 Å². The predicted molar refractivity (Wildman–Crippen MR) is 55.2 cm³/mol. The number of hydrogen-bond acceptors (Lipinski definition) is 5. The Kier molecular flexibility index (Phi) is 3.73. The smallest absolute Gasteiger partial charge is 0.173 e. The molecule has 1 aliphatic heterocycles. The summed E-state index contributed by atoms with van der Waals surface area (Å²) in [7, 11) is 0. The van der Waals surface area contributed by atoms with Gasteiger partial charge in [0.05, 0.1) is 12.1 Å². The molecule has 0 aromatic heterocycles. The lowest BCUT2D eigenvalue weighted by molar-refractivity contribution is -0.245. The number of aliphatic hydroxyl groups is 3. The van der Waals surface area contributed by atoms with Crippen LogP contribution in [0.2, 0.25) is 0 Å². The van der Waals surface area contributed by atoms with Crippen molar-refractivity contribution in [3.05, 3.63) is 0 Å². The Hall–Kier alpha value is -0.200. The van der Waals surface area contributed by atoms with Crippen LogP contribution in [-0.2, 0) is 4.74 Å². The first kappa shape index (κ1) is 12.9. The van der Waals surface area contributed by atoms with Crippen molar-refractivity contribution in [2.75, 3.05) is 0 Å². The molecular formula is C10H21NO4. The molecule has 0 aliphatic carbocycles. The molecule has 0 radical (unpaired) electrons. The molecule has 4 N–H and O–H groups in total. The van der Waals surface area contributed by atoms with Crippen molar-refractivity contribution < 1.29 is 20.1 Å². The standard InChI is InChI=1S/C10H21NO4/c1-5-7(12)8(13)6(9(14)15-5)11-10(2,3)4/h5-9,11-14H,1-4H3/t5-,6-,7-,8-,9?/m1/s1. The lowest BCUT2D eigenvalue weighted by Crippen LogP contribution is -2.64.